The summed E-state index contributed by atoms with van der Waals surface area (Å²) < 4.78 is 0. The van der Waals surface area contributed by atoms with Crippen molar-refractivity contribution in [3.8, 4) is 0 Å². The van der Waals surface area contributed by atoms with Gasteiger partial charge in [0.2, 0.25) is 0 Å². The molecule has 0 N–H and O–H groups in total. The van der Waals surface area contributed by atoms with Gasteiger partial charge in [0.25, 0.3) is 0 Å². The quantitative estimate of drug-likeness (QED) is 0.404. The Hall–Kier alpha value is -0.120. The van der Waals surface area contributed by atoms with Gasteiger partial charge in [-0.05, 0) is 119 Å². The van der Waals surface area contributed by atoms with Crippen molar-refractivity contribution in [3.05, 3.63) is 0 Å². The first-order chi connectivity index (χ1) is 15.3. The summed E-state index contributed by atoms with van der Waals surface area (Å²) in [5.41, 5.74) is 0.509. The van der Waals surface area contributed by atoms with Gasteiger partial charge in [0, 0.05) is 47.8 Å². The molecule has 3 heteroatoms. The predicted octanol–water partition coefficient (Wildman–Crippen LogP) is 6.85. The Morgan fingerprint density at radius 1 is 0.656 bits per heavy atom. The molecular weight excluding hydrogens is 390 g/mol. The molecule has 32 heavy (non-hydrogen) atoms. The zero-order valence-corrected chi connectivity index (χ0v) is 22.5. The first-order valence-electron chi connectivity index (χ1n) is 14.6. The Kier molecular flexibility index (Phi) is 8.32. The molecule has 0 aromatic carbocycles. The molecule has 4 rings (SSSR count). The van der Waals surface area contributed by atoms with E-state index in [-0.39, 0.29) is 0 Å². The van der Waals surface area contributed by atoms with Crippen molar-refractivity contribution in [3.63, 3.8) is 0 Å². The zero-order valence-electron chi connectivity index (χ0n) is 22.5. The third kappa shape index (κ3) is 5.10. The molecule has 0 aromatic rings. The van der Waals surface area contributed by atoms with Crippen LogP contribution in [0, 0.1) is 0 Å². The summed E-state index contributed by atoms with van der Waals surface area (Å²) in [6, 6.07) is 5.44. The van der Waals surface area contributed by atoms with Crippen LogP contribution in [0.5, 0.6) is 0 Å². The fourth-order valence-electron chi connectivity index (χ4n) is 8.94. The van der Waals surface area contributed by atoms with Crippen molar-refractivity contribution >= 4 is 0 Å². The van der Waals surface area contributed by atoms with Crippen molar-refractivity contribution in [1.29, 1.82) is 0 Å². The van der Waals surface area contributed by atoms with Crippen LogP contribution < -0.4 is 0 Å². The maximum absolute atomic E-state index is 3.03. The van der Waals surface area contributed by atoms with E-state index in [1.807, 2.05) is 0 Å². The lowest BCUT2D eigenvalue weighted by Gasteiger charge is -2.53. The van der Waals surface area contributed by atoms with E-state index in [1.54, 1.807) is 0 Å². The summed E-state index contributed by atoms with van der Waals surface area (Å²) in [5.74, 6) is 0. The van der Waals surface area contributed by atoms with E-state index in [0.717, 1.165) is 24.2 Å². The highest BCUT2D eigenvalue weighted by Crippen LogP contribution is 2.49. The summed E-state index contributed by atoms with van der Waals surface area (Å²) in [6.07, 6.45) is 20.2. The molecule has 4 aliphatic heterocycles. The number of rotatable bonds is 8. The number of piperidine rings is 3. The monoisotopic (exact) mass is 445 g/mol. The van der Waals surface area contributed by atoms with Gasteiger partial charge in [-0.2, -0.15) is 0 Å². The summed E-state index contributed by atoms with van der Waals surface area (Å²) in [7, 11) is 0. The summed E-state index contributed by atoms with van der Waals surface area (Å²) in [4.78, 5) is 8.85. The van der Waals surface area contributed by atoms with Gasteiger partial charge in [-0.25, -0.2) is 0 Å². The van der Waals surface area contributed by atoms with E-state index in [0.29, 0.717) is 23.7 Å². The molecule has 4 fully saturated rings. The maximum Gasteiger partial charge on any atom is 0.0230 e. The molecule has 4 heterocycles. The average Bonchev–Trinajstić information content (AvgIpc) is 2.98. The lowest BCUT2D eigenvalue weighted by Crippen LogP contribution is -2.59. The molecule has 0 aliphatic carbocycles. The van der Waals surface area contributed by atoms with E-state index < -0.39 is 0 Å². The number of hydrogen-bond donors (Lipinski definition) is 0. The lowest BCUT2D eigenvalue weighted by atomic mass is 9.77. The Bertz CT molecular complexity index is 583. The molecule has 2 bridgehead atoms. The van der Waals surface area contributed by atoms with Gasteiger partial charge >= 0.3 is 0 Å². The van der Waals surface area contributed by atoms with Gasteiger partial charge in [0.15, 0.2) is 0 Å². The molecule has 0 saturated carbocycles. The van der Waals surface area contributed by atoms with Crippen molar-refractivity contribution in [1.82, 2.24) is 14.7 Å². The van der Waals surface area contributed by atoms with Crippen molar-refractivity contribution in [2.45, 2.75) is 179 Å². The topological polar surface area (TPSA) is 9.72 Å². The summed E-state index contributed by atoms with van der Waals surface area (Å²) in [5, 5.41) is 0. The van der Waals surface area contributed by atoms with Crippen LogP contribution in [-0.4, -0.2) is 69.1 Å². The fourth-order valence-corrected chi connectivity index (χ4v) is 8.94. The molecule has 5 atom stereocenters. The Morgan fingerprint density at radius 2 is 1.38 bits per heavy atom. The first-order valence-corrected chi connectivity index (χ1v) is 14.6. The molecule has 4 aliphatic rings. The molecule has 0 radical (unpaired) electrons. The summed E-state index contributed by atoms with van der Waals surface area (Å²) >= 11 is 0. The number of fused-ring (bicyclic) bond motifs is 2. The molecule has 4 saturated heterocycles. The second-order valence-corrected chi connectivity index (χ2v) is 12.9. The van der Waals surface area contributed by atoms with Crippen LogP contribution in [0.25, 0.3) is 0 Å². The maximum atomic E-state index is 3.03. The van der Waals surface area contributed by atoms with Crippen molar-refractivity contribution in [2.24, 2.45) is 0 Å². The van der Waals surface area contributed by atoms with Crippen LogP contribution in [0.15, 0.2) is 0 Å². The van der Waals surface area contributed by atoms with E-state index in [2.05, 4.69) is 56.2 Å². The van der Waals surface area contributed by atoms with Gasteiger partial charge < -0.3 is 0 Å². The van der Waals surface area contributed by atoms with Crippen molar-refractivity contribution in [2.75, 3.05) is 6.54 Å². The standard InChI is InChI=1S/C29H55N3/c1-22(2)30-20-8-7-11-25(30)15-16-26-12-9-13-28(31(26)23(3)4)21-29-18-10-14-27(17-19-29)32(29)24(5)6/h22-28H,7-21H2,1-6H3. The number of hydrogen-bond acceptors (Lipinski definition) is 3. The van der Waals surface area contributed by atoms with Gasteiger partial charge in [-0.15, -0.1) is 0 Å². The van der Waals surface area contributed by atoms with E-state index in [1.165, 1.54) is 96.4 Å². The van der Waals surface area contributed by atoms with Crippen LogP contribution >= 0.6 is 0 Å². The molecule has 0 spiro atoms. The lowest BCUT2D eigenvalue weighted by molar-refractivity contribution is -0.0313. The Morgan fingerprint density at radius 3 is 2.09 bits per heavy atom. The SMILES string of the molecule is CC(C)N1CCCCC1CCC1CCCC(CC23CCCC(CC2)N3C(C)C)N1C(C)C. The normalized spacial score (nSPS) is 37.8. The Labute approximate surface area is 200 Å². The van der Waals surface area contributed by atoms with Crippen LogP contribution in [0.3, 0.4) is 0 Å². The first kappa shape index (κ1) is 25.0. The van der Waals surface area contributed by atoms with E-state index in [9.17, 15) is 0 Å². The van der Waals surface area contributed by atoms with Crippen LogP contribution in [0.1, 0.15) is 131 Å². The molecular formula is C29H55N3. The smallest absolute Gasteiger partial charge is 0.0230 e. The van der Waals surface area contributed by atoms with Crippen LogP contribution in [0.2, 0.25) is 0 Å². The predicted molar refractivity (Wildman–Crippen MR) is 138 cm³/mol. The highest BCUT2D eigenvalue weighted by molar-refractivity contribution is 5.07. The molecule has 5 unspecified atom stereocenters. The van der Waals surface area contributed by atoms with E-state index in [4.69, 9.17) is 0 Å². The van der Waals surface area contributed by atoms with Gasteiger partial charge in [0.1, 0.15) is 0 Å². The van der Waals surface area contributed by atoms with Crippen molar-refractivity contribution < 1.29 is 0 Å². The second kappa shape index (κ2) is 10.6. The largest absolute Gasteiger partial charge is 0.298 e. The molecule has 3 nitrogen and oxygen atoms in total. The van der Waals surface area contributed by atoms with Crippen LogP contribution in [-0.2, 0) is 0 Å². The highest BCUT2D eigenvalue weighted by atomic mass is 15.3. The molecule has 186 valence electrons. The minimum atomic E-state index is 0.509. The fraction of sp³-hybridized carbons (Fsp3) is 1.00. The molecule has 0 aromatic heterocycles. The highest BCUT2D eigenvalue weighted by Gasteiger charge is 2.51. The van der Waals surface area contributed by atoms with Crippen LogP contribution in [0.4, 0.5) is 0 Å². The number of likely N-dealkylation sites (tertiary alicyclic amines) is 2. The molecule has 0 amide bonds. The minimum Gasteiger partial charge on any atom is -0.298 e. The second-order valence-electron chi connectivity index (χ2n) is 12.9. The van der Waals surface area contributed by atoms with Gasteiger partial charge in [-0.3, -0.25) is 14.7 Å². The third-order valence-electron chi connectivity index (χ3n) is 9.92. The minimum absolute atomic E-state index is 0.509. The average molecular weight is 446 g/mol. The number of nitrogens with zero attached hydrogens (tertiary/aromatic N) is 3. The van der Waals surface area contributed by atoms with E-state index >= 15 is 0 Å². The third-order valence-corrected chi connectivity index (χ3v) is 9.92. The zero-order chi connectivity index (χ0) is 22.9. The van der Waals surface area contributed by atoms with Gasteiger partial charge in [-0.1, -0.05) is 19.3 Å². The summed E-state index contributed by atoms with van der Waals surface area (Å²) in [6.45, 7) is 16.1. The Balaban J connectivity index is 1.44. The van der Waals surface area contributed by atoms with Gasteiger partial charge in [0.05, 0.1) is 0 Å².